The van der Waals surface area contributed by atoms with Gasteiger partial charge in [-0.2, -0.15) is 0 Å². The fraction of sp³-hybridized carbons (Fsp3) is 0.529. The Morgan fingerprint density at radius 3 is 2.55 bits per heavy atom. The van der Waals surface area contributed by atoms with Gasteiger partial charge in [-0.15, -0.1) is 0 Å². The van der Waals surface area contributed by atoms with Crippen molar-refractivity contribution in [3.05, 3.63) is 33.9 Å². The summed E-state index contributed by atoms with van der Waals surface area (Å²) in [4.78, 5) is 23.8. The van der Waals surface area contributed by atoms with E-state index in [1.807, 2.05) is 6.92 Å². The van der Waals surface area contributed by atoms with Crippen molar-refractivity contribution >= 4 is 11.8 Å². The monoisotopic (exact) mass is 304 g/mol. The molecule has 0 bridgehead atoms. The molecule has 0 heterocycles. The van der Waals surface area contributed by atoms with Crippen LogP contribution < -0.4 is 0 Å². The van der Waals surface area contributed by atoms with E-state index in [-0.39, 0.29) is 19.0 Å². The van der Waals surface area contributed by atoms with Gasteiger partial charge in [0.05, 0.1) is 6.61 Å². The summed E-state index contributed by atoms with van der Waals surface area (Å²) in [5.74, 6) is -0.721. The predicted molar refractivity (Wildman–Crippen MR) is 78.8 cm³/mol. The van der Waals surface area contributed by atoms with Crippen LogP contribution in [-0.4, -0.2) is 40.8 Å². The van der Waals surface area contributed by atoms with Gasteiger partial charge in [-0.1, -0.05) is 5.57 Å². The average Bonchev–Trinajstić information content (AvgIpc) is 3.19. The Hall–Kier alpha value is -1.72. The smallest absolute Gasteiger partial charge is 0.302 e. The number of hydrogen-bond donors (Lipinski definition) is 2. The van der Waals surface area contributed by atoms with Crippen LogP contribution in [0.4, 0.5) is 0 Å². The molecule has 0 radical (unpaired) electrons. The zero-order valence-corrected chi connectivity index (χ0v) is 13.0. The number of Topliss-reactive ketones (excluding diaryl/α,β-unsaturated/α-hetero) is 1. The molecule has 0 aromatic rings. The van der Waals surface area contributed by atoms with Gasteiger partial charge in [0.15, 0.2) is 5.78 Å². The lowest BCUT2D eigenvalue weighted by Gasteiger charge is -2.39. The fourth-order valence-corrected chi connectivity index (χ4v) is 3.81. The lowest BCUT2D eigenvalue weighted by molar-refractivity contribution is -0.139. The predicted octanol–water partition coefficient (Wildman–Crippen LogP) is 1.21. The first-order valence-corrected chi connectivity index (χ1v) is 7.43. The van der Waals surface area contributed by atoms with Crippen molar-refractivity contribution in [3.63, 3.8) is 0 Å². The molecule has 3 aliphatic rings. The second-order valence-corrected chi connectivity index (χ2v) is 6.48. The first-order valence-electron chi connectivity index (χ1n) is 7.43. The average molecular weight is 304 g/mol. The Morgan fingerprint density at radius 1 is 1.41 bits per heavy atom. The summed E-state index contributed by atoms with van der Waals surface area (Å²) < 4.78 is 5.08. The zero-order chi connectivity index (χ0) is 16.3. The van der Waals surface area contributed by atoms with Crippen molar-refractivity contribution in [2.45, 2.75) is 39.2 Å². The summed E-state index contributed by atoms with van der Waals surface area (Å²) in [5, 5.41) is 20.3. The highest BCUT2D eigenvalue weighted by Gasteiger charge is 2.65. The van der Waals surface area contributed by atoms with Crippen molar-refractivity contribution in [1.29, 1.82) is 0 Å². The second-order valence-electron chi connectivity index (χ2n) is 6.48. The van der Waals surface area contributed by atoms with Gasteiger partial charge >= 0.3 is 5.97 Å². The molecule has 0 unspecified atom stereocenters. The molecule has 118 valence electrons. The van der Waals surface area contributed by atoms with Crippen LogP contribution in [0, 0.1) is 5.41 Å². The molecule has 3 rings (SSSR count). The van der Waals surface area contributed by atoms with E-state index in [1.165, 1.54) is 6.92 Å². The first-order chi connectivity index (χ1) is 10.3. The quantitative estimate of drug-likeness (QED) is 0.766. The molecular formula is C17H20O5. The minimum absolute atomic E-state index is 0.0312. The number of esters is 1. The molecular weight excluding hydrogens is 284 g/mol. The minimum atomic E-state index is -1.41. The number of rotatable bonds is 3. The van der Waals surface area contributed by atoms with E-state index < -0.39 is 17.0 Å². The van der Waals surface area contributed by atoms with Crippen molar-refractivity contribution in [3.8, 4) is 0 Å². The van der Waals surface area contributed by atoms with Crippen LogP contribution >= 0.6 is 0 Å². The van der Waals surface area contributed by atoms with Gasteiger partial charge < -0.3 is 14.9 Å². The third-order valence-electron chi connectivity index (χ3n) is 5.33. The summed E-state index contributed by atoms with van der Waals surface area (Å²) >= 11 is 0. The molecule has 5 heteroatoms. The van der Waals surface area contributed by atoms with E-state index in [1.54, 1.807) is 13.0 Å². The zero-order valence-electron chi connectivity index (χ0n) is 13.0. The normalized spacial score (nSPS) is 29.0. The number of ketones is 1. The second kappa shape index (κ2) is 4.64. The minimum Gasteiger partial charge on any atom is -0.461 e. The largest absolute Gasteiger partial charge is 0.461 e. The summed E-state index contributed by atoms with van der Waals surface area (Å²) in [5.41, 5.74) is 1.46. The maximum Gasteiger partial charge on any atom is 0.302 e. The first kappa shape index (κ1) is 15.2. The molecule has 1 saturated carbocycles. The molecule has 2 N–H and O–H groups in total. The van der Waals surface area contributed by atoms with Crippen molar-refractivity contribution in [2.75, 3.05) is 13.2 Å². The van der Waals surface area contributed by atoms with Gasteiger partial charge in [0.1, 0.15) is 12.2 Å². The summed E-state index contributed by atoms with van der Waals surface area (Å²) in [7, 11) is 0. The fourth-order valence-electron chi connectivity index (χ4n) is 3.81. The molecule has 22 heavy (non-hydrogen) atoms. The van der Waals surface area contributed by atoms with Gasteiger partial charge in [-0.3, -0.25) is 9.59 Å². The number of aliphatic hydroxyl groups is 2. The Balaban J connectivity index is 2.12. The van der Waals surface area contributed by atoms with E-state index in [9.17, 15) is 19.8 Å². The number of aliphatic hydroxyl groups excluding tert-OH is 1. The molecule has 0 saturated heterocycles. The number of carbonyl (C=O) groups is 2. The van der Waals surface area contributed by atoms with Gasteiger partial charge in [-0.05, 0) is 43.9 Å². The highest BCUT2D eigenvalue weighted by molar-refractivity contribution is 6.10. The number of hydrogen-bond acceptors (Lipinski definition) is 5. The molecule has 0 aliphatic heterocycles. The third-order valence-corrected chi connectivity index (χ3v) is 5.33. The summed E-state index contributed by atoms with van der Waals surface area (Å²) in [6, 6.07) is 0. The highest BCUT2D eigenvalue weighted by Crippen LogP contribution is 2.64. The van der Waals surface area contributed by atoms with Gasteiger partial charge in [0.25, 0.3) is 0 Å². The van der Waals surface area contributed by atoms with Crippen LogP contribution in [0.5, 0.6) is 0 Å². The topological polar surface area (TPSA) is 83.8 Å². The molecule has 1 spiro atoms. The molecule has 0 amide bonds. The number of fused-ring (bicyclic) bond motifs is 1. The molecule has 1 atom stereocenters. The van der Waals surface area contributed by atoms with Crippen LogP contribution in [0.15, 0.2) is 33.9 Å². The maximum atomic E-state index is 12.7. The lowest BCUT2D eigenvalue weighted by Crippen LogP contribution is -2.49. The maximum absolute atomic E-state index is 12.7. The molecule has 0 aromatic carbocycles. The van der Waals surface area contributed by atoms with E-state index >= 15 is 0 Å². The molecule has 1 fully saturated rings. The van der Waals surface area contributed by atoms with Crippen LogP contribution in [0.1, 0.15) is 33.6 Å². The van der Waals surface area contributed by atoms with Crippen molar-refractivity contribution in [2.24, 2.45) is 5.41 Å². The van der Waals surface area contributed by atoms with Crippen molar-refractivity contribution in [1.82, 2.24) is 0 Å². The summed E-state index contributed by atoms with van der Waals surface area (Å²) in [6.07, 6.45) is 3.15. The highest BCUT2D eigenvalue weighted by atomic mass is 16.5. The Morgan fingerprint density at radius 2 is 2.05 bits per heavy atom. The Bertz CT molecular complexity index is 671. The van der Waals surface area contributed by atoms with E-state index in [2.05, 4.69) is 0 Å². The standard InChI is InChI=1S/C17H20O5/c1-9-14-12(15(20)16(3,21)17(9)4-5-17)6-11(7-18)13(14)8-22-10(2)19/h6,18,21H,4-5,7-8H2,1-3H3/t16-/m0/s1. The Kier molecular flexibility index (Phi) is 3.20. The van der Waals surface area contributed by atoms with E-state index in [0.29, 0.717) is 16.7 Å². The SMILES string of the molecule is CC(=O)OCC1=C(CO)C=C2C(=O)[C@](C)(O)C3(CC3)C(C)=C21. The van der Waals surface area contributed by atoms with Gasteiger partial charge in [0.2, 0.25) is 0 Å². The molecule has 0 aromatic heterocycles. The van der Waals surface area contributed by atoms with Crippen LogP contribution in [0.2, 0.25) is 0 Å². The third kappa shape index (κ3) is 1.79. The summed E-state index contributed by atoms with van der Waals surface area (Å²) in [6.45, 7) is 4.61. The van der Waals surface area contributed by atoms with Crippen LogP contribution in [0.3, 0.4) is 0 Å². The van der Waals surface area contributed by atoms with Gasteiger partial charge in [0, 0.05) is 23.5 Å². The van der Waals surface area contributed by atoms with Gasteiger partial charge in [-0.25, -0.2) is 0 Å². The molecule has 5 nitrogen and oxygen atoms in total. The Labute approximate surface area is 129 Å². The van der Waals surface area contributed by atoms with E-state index in [4.69, 9.17) is 4.74 Å². The van der Waals surface area contributed by atoms with Crippen LogP contribution in [-0.2, 0) is 14.3 Å². The number of carbonyl (C=O) groups excluding carboxylic acids is 2. The lowest BCUT2D eigenvalue weighted by atomic mass is 9.67. The number of ether oxygens (including phenoxy) is 1. The van der Waals surface area contributed by atoms with Crippen molar-refractivity contribution < 1.29 is 24.5 Å². The molecule has 3 aliphatic carbocycles. The van der Waals surface area contributed by atoms with Crippen LogP contribution in [0.25, 0.3) is 0 Å². The van der Waals surface area contributed by atoms with E-state index in [0.717, 1.165) is 24.0 Å².